The van der Waals surface area contributed by atoms with Gasteiger partial charge in [-0.05, 0) is 0 Å². The highest BCUT2D eigenvalue weighted by Gasteiger charge is 1.87. The number of rotatable bonds is 1. The molecule has 0 saturated heterocycles. The Morgan fingerprint density at radius 1 is 2.00 bits per heavy atom. The van der Waals surface area contributed by atoms with Crippen molar-refractivity contribution in [2.45, 2.75) is 6.92 Å². The maximum atomic E-state index is 10.0. The number of carbonyl (C=O) groups is 1. The number of hydrogen-bond acceptors (Lipinski definition) is 3. The average Bonchev–Trinajstić information content (AvgIpc) is 1.61. The largest absolute Gasteiger partial charge is 0.288 e. The highest BCUT2D eigenvalue weighted by Crippen LogP contribution is 1.96. The highest BCUT2D eigenvalue weighted by molar-refractivity contribution is 8.13. The van der Waals surface area contributed by atoms with Gasteiger partial charge in [0.15, 0.2) is 5.12 Å². The molecule has 0 unspecified atom stereocenters. The molecule has 0 spiro atoms. The van der Waals surface area contributed by atoms with E-state index >= 15 is 0 Å². The van der Waals surface area contributed by atoms with E-state index in [1.807, 2.05) is 6.07 Å². The molecule has 0 aromatic rings. The second kappa shape index (κ2) is 3.69. The van der Waals surface area contributed by atoms with Crippen LogP contribution in [0.5, 0.6) is 0 Å². The summed E-state index contributed by atoms with van der Waals surface area (Å²) < 4.78 is 0. The molecule has 0 saturated carbocycles. The number of nitriles is 1. The summed E-state index contributed by atoms with van der Waals surface area (Å²) in [6.45, 7) is 1.45. The fraction of sp³-hybridized carbons (Fsp3) is 0.500. The third kappa shape index (κ3) is 5.51. The summed E-state index contributed by atoms with van der Waals surface area (Å²) >= 11 is 1.03. The van der Waals surface area contributed by atoms with Crippen LogP contribution in [0.25, 0.3) is 0 Å². The molecule has 0 aromatic heterocycles. The molecule has 0 amide bonds. The first-order valence-corrected chi connectivity index (χ1v) is 2.76. The zero-order valence-electron chi connectivity index (χ0n) is 3.97. The van der Waals surface area contributed by atoms with E-state index in [4.69, 9.17) is 5.26 Å². The number of hydrogen-bond donors (Lipinski definition) is 0. The molecule has 7 heavy (non-hydrogen) atoms. The van der Waals surface area contributed by atoms with Gasteiger partial charge in [0, 0.05) is 6.92 Å². The van der Waals surface area contributed by atoms with E-state index in [1.54, 1.807) is 0 Å². The van der Waals surface area contributed by atoms with Crippen molar-refractivity contribution >= 4 is 16.9 Å². The first-order valence-electron chi connectivity index (χ1n) is 1.77. The van der Waals surface area contributed by atoms with Crippen molar-refractivity contribution in [1.82, 2.24) is 0 Å². The van der Waals surface area contributed by atoms with Gasteiger partial charge in [0.1, 0.15) is 0 Å². The Hall–Kier alpha value is -0.490. The molecule has 0 rings (SSSR count). The molecule has 0 aliphatic carbocycles. The molecule has 2 nitrogen and oxygen atoms in total. The zero-order valence-corrected chi connectivity index (χ0v) is 4.79. The predicted octanol–water partition coefficient (Wildman–Crippen LogP) is 0.790. The summed E-state index contributed by atoms with van der Waals surface area (Å²) in [6.07, 6.45) is 0. The lowest BCUT2D eigenvalue weighted by Crippen LogP contribution is -1.80. The smallest absolute Gasteiger partial charge is 0.186 e. The molecule has 0 heterocycles. The van der Waals surface area contributed by atoms with Gasteiger partial charge in [0.05, 0.1) is 11.8 Å². The van der Waals surface area contributed by atoms with Crippen molar-refractivity contribution in [2.24, 2.45) is 0 Å². The topological polar surface area (TPSA) is 40.9 Å². The van der Waals surface area contributed by atoms with E-state index < -0.39 is 0 Å². The summed E-state index contributed by atoms with van der Waals surface area (Å²) in [5.41, 5.74) is 0. The second-order valence-corrected chi connectivity index (χ2v) is 2.09. The van der Waals surface area contributed by atoms with Crippen LogP contribution in [-0.4, -0.2) is 10.9 Å². The quantitative estimate of drug-likeness (QED) is 0.507. The van der Waals surface area contributed by atoms with E-state index in [-0.39, 0.29) is 10.9 Å². The van der Waals surface area contributed by atoms with Gasteiger partial charge in [0.25, 0.3) is 0 Å². The lowest BCUT2D eigenvalue weighted by atomic mass is 10.9. The Balaban J connectivity index is 3.02. The number of thioether (sulfide) groups is 1. The minimum atomic E-state index is 0.00144. The fourth-order valence-corrected chi connectivity index (χ4v) is 0.402. The molecule has 38 valence electrons. The molecule has 0 bridgehead atoms. The van der Waals surface area contributed by atoms with Crippen molar-refractivity contribution in [3.05, 3.63) is 0 Å². The van der Waals surface area contributed by atoms with Crippen LogP contribution in [0.2, 0.25) is 0 Å². The van der Waals surface area contributed by atoms with Gasteiger partial charge in [-0.1, -0.05) is 11.8 Å². The first-order chi connectivity index (χ1) is 3.27. The van der Waals surface area contributed by atoms with Crippen molar-refractivity contribution in [3.8, 4) is 6.07 Å². The Kier molecular flexibility index (Phi) is 3.43. The molecular weight excluding hydrogens is 110 g/mol. The van der Waals surface area contributed by atoms with Gasteiger partial charge in [0.2, 0.25) is 0 Å². The molecule has 3 heteroatoms. The number of nitrogens with zero attached hydrogens (tertiary/aromatic N) is 1. The van der Waals surface area contributed by atoms with Crippen LogP contribution in [-0.2, 0) is 4.79 Å². The highest BCUT2D eigenvalue weighted by atomic mass is 32.2. The summed E-state index contributed by atoms with van der Waals surface area (Å²) in [5, 5.41) is 7.89. The molecule has 0 N–H and O–H groups in total. The maximum Gasteiger partial charge on any atom is 0.186 e. The van der Waals surface area contributed by atoms with E-state index in [0.29, 0.717) is 0 Å². The summed E-state index contributed by atoms with van der Waals surface area (Å²) in [6, 6.07) is 1.84. The van der Waals surface area contributed by atoms with Gasteiger partial charge < -0.3 is 0 Å². The Morgan fingerprint density at radius 2 is 2.57 bits per heavy atom. The van der Waals surface area contributed by atoms with Crippen molar-refractivity contribution in [1.29, 1.82) is 5.26 Å². The van der Waals surface area contributed by atoms with Gasteiger partial charge >= 0.3 is 0 Å². The van der Waals surface area contributed by atoms with Crippen LogP contribution in [0, 0.1) is 11.3 Å². The third-order valence-corrected chi connectivity index (χ3v) is 1.02. The van der Waals surface area contributed by atoms with Gasteiger partial charge in [-0.15, -0.1) is 0 Å². The summed E-state index contributed by atoms with van der Waals surface area (Å²) in [4.78, 5) is 10.0. The predicted molar refractivity (Wildman–Crippen MR) is 28.8 cm³/mol. The Bertz CT molecular complexity index is 105. The Morgan fingerprint density at radius 3 is 2.71 bits per heavy atom. The Labute approximate surface area is 46.5 Å². The normalized spacial score (nSPS) is 7.43. The minimum Gasteiger partial charge on any atom is -0.288 e. The van der Waals surface area contributed by atoms with Crippen molar-refractivity contribution in [3.63, 3.8) is 0 Å². The van der Waals surface area contributed by atoms with E-state index in [1.165, 1.54) is 6.92 Å². The van der Waals surface area contributed by atoms with Crippen LogP contribution in [0.3, 0.4) is 0 Å². The summed E-state index contributed by atoms with van der Waals surface area (Å²) in [7, 11) is 0. The van der Waals surface area contributed by atoms with Gasteiger partial charge in [-0.2, -0.15) is 5.26 Å². The molecule has 0 atom stereocenters. The average molecular weight is 115 g/mol. The lowest BCUT2D eigenvalue weighted by Gasteiger charge is -1.79. The van der Waals surface area contributed by atoms with Crippen LogP contribution >= 0.6 is 11.8 Å². The standard InChI is InChI=1S/C4H5NOS/c1-4(6)7-3-2-5/h3H2,1H3. The number of carbonyl (C=O) groups excluding carboxylic acids is 1. The third-order valence-electron chi connectivity index (χ3n) is 0.340. The zero-order chi connectivity index (χ0) is 5.70. The maximum absolute atomic E-state index is 10.0. The van der Waals surface area contributed by atoms with Crippen LogP contribution in [0.1, 0.15) is 6.92 Å². The molecule has 0 fully saturated rings. The SMILES string of the molecule is CC(=O)SCC#N. The van der Waals surface area contributed by atoms with E-state index in [0.717, 1.165) is 11.8 Å². The van der Waals surface area contributed by atoms with Gasteiger partial charge in [-0.25, -0.2) is 0 Å². The molecule has 0 aliphatic heterocycles. The summed E-state index contributed by atoms with van der Waals surface area (Å²) in [5.74, 6) is 0.273. The first kappa shape index (κ1) is 6.51. The monoisotopic (exact) mass is 115 g/mol. The van der Waals surface area contributed by atoms with Crippen LogP contribution < -0.4 is 0 Å². The van der Waals surface area contributed by atoms with Crippen molar-refractivity contribution in [2.75, 3.05) is 5.75 Å². The molecule has 0 aliphatic rings. The molecule has 0 aromatic carbocycles. The van der Waals surface area contributed by atoms with Gasteiger partial charge in [-0.3, -0.25) is 4.79 Å². The van der Waals surface area contributed by atoms with Crippen LogP contribution in [0.15, 0.2) is 0 Å². The van der Waals surface area contributed by atoms with E-state index in [9.17, 15) is 4.79 Å². The second-order valence-electron chi connectivity index (χ2n) is 0.938. The molecular formula is C4H5NOS. The lowest BCUT2D eigenvalue weighted by molar-refractivity contribution is -0.109. The fourth-order valence-electron chi connectivity index (χ4n) is 0.134. The van der Waals surface area contributed by atoms with E-state index in [2.05, 4.69) is 0 Å². The van der Waals surface area contributed by atoms with Crippen molar-refractivity contribution < 1.29 is 4.79 Å². The van der Waals surface area contributed by atoms with Crippen LogP contribution in [0.4, 0.5) is 0 Å². The molecule has 0 radical (unpaired) electrons. The minimum absolute atomic E-state index is 0.00144.